The highest BCUT2D eigenvalue weighted by molar-refractivity contribution is 14.1. The van der Waals surface area contributed by atoms with E-state index in [0.717, 1.165) is 3.57 Å². The Bertz CT molecular complexity index is 396. The monoisotopic (exact) mass is 366 g/mol. The van der Waals surface area contributed by atoms with Crippen molar-refractivity contribution in [2.45, 2.75) is 18.9 Å². The average Bonchev–Trinajstić information content (AvgIpc) is 3.09. The first-order chi connectivity index (χ1) is 7.66. The number of hydrogen-bond acceptors (Lipinski definition) is 2. The van der Waals surface area contributed by atoms with Crippen molar-refractivity contribution in [3.8, 4) is 0 Å². The molecule has 94 valence electrons. The Morgan fingerprint density at radius 1 is 1.53 bits per heavy atom. The molecule has 1 aromatic carbocycles. The van der Waals surface area contributed by atoms with Gasteiger partial charge in [-0.2, -0.15) is 0 Å². The number of benzene rings is 1. The van der Waals surface area contributed by atoms with Crippen LogP contribution < -0.4 is 11.1 Å². The summed E-state index contributed by atoms with van der Waals surface area (Å²) in [5.41, 5.74) is 6.62. The minimum absolute atomic E-state index is 0. The fraction of sp³-hybridized carbons (Fsp3) is 0.417. The highest BCUT2D eigenvalue weighted by Crippen LogP contribution is 2.31. The van der Waals surface area contributed by atoms with Gasteiger partial charge < -0.3 is 11.1 Å². The van der Waals surface area contributed by atoms with E-state index in [9.17, 15) is 4.79 Å². The first-order valence-corrected chi connectivity index (χ1v) is 6.54. The third-order valence-electron chi connectivity index (χ3n) is 2.81. The van der Waals surface area contributed by atoms with Crippen molar-refractivity contribution in [2.24, 2.45) is 11.7 Å². The Kier molecular flexibility index (Phi) is 5.69. The SMILES string of the molecule is Cl.NC(CNC(=O)c1cccc(I)c1)C1CC1. The smallest absolute Gasteiger partial charge is 0.251 e. The number of rotatable bonds is 4. The highest BCUT2D eigenvalue weighted by Gasteiger charge is 2.28. The average molecular weight is 367 g/mol. The number of carbonyl (C=O) groups excluding carboxylic acids is 1. The van der Waals surface area contributed by atoms with Crippen LogP contribution in [0.1, 0.15) is 23.2 Å². The molecule has 3 nitrogen and oxygen atoms in total. The molecule has 1 amide bonds. The van der Waals surface area contributed by atoms with Gasteiger partial charge in [-0.15, -0.1) is 12.4 Å². The van der Waals surface area contributed by atoms with Crippen molar-refractivity contribution in [3.63, 3.8) is 0 Å². The summed E-state index contributed by atoms with van der Waals surface area (Å²) in [4.78, 5) is 11.8. The van der Waals surface area contributed by atoms with Crippen molar-refractivity contribution in [2.75, 3.05) is 6.54 Å². The molecule has 0 heterocycles. The number of nitrogens with one attached hydrogen (secondary N) is 1. The van der Waals surface area contributed by atoms with Crippen LogP contribution in [0.3, 0.4) is 0 Å². The molecule has 0 spiro atoms. The summed E-state index contributed by atoms with van der Waals surface area (Å²) in [7, 11) is 0. The third-order valence-corrected chi connectivity index (χ3v) is 3.48. The van der Waals surface area contributed by atoms with Crippen LogP contribution in [0.15, 0.2) is 24.3 Å². The zero-order valence-electron chi connectivity index (χ0n) is 9.36. The van der Waals surface area contributed by atoms with E-state index in [-0.39, 0.29) is 24.4 Å². The lowest BCUT2D eigenvalue weighted by molar-refractivity contribution is 0.0950. The van der Waals surface area contributed by atoms with Gasteiger partial charge in [0.25, 0.3) is 5.91 Å². The van der Waals surface area contributed by atoms with E-state index in [1.54, 1.807) is 0 Å². The Labute approximate surface area is 121 Å². The molecule has 0 aliphatic heterocycles. The van der Waals surface area contributed by atoms with Gasteiger partial charge in [0, 0.05) is 21.7 Å². The molecule has 1 aromatic rings. The van der Waals surface area contributed by atoms with E-state index in [1.807, 2.05) is 24.3 Å². The molecule has 0 saturated heterocycles. The topological polar surface area (TPSA) is 55.1 Å². The molecular formula is C12H16ClIN2O. The van der Waals surface area contributed by atoms with Crippen LogP contribution in [0.4, 0.5) is 0 Å². The molecule has 17 heavy (non-hydrogen) atoms. The van der Waals surface area contributed by atoms with Gasteiger partial charge in [-0.05, 0) is 59.5 Å². The number of carbonyl (C=O) groups is 1. The third kappa shape index (κ3) is 4.44. The predicted molar refractivity (Wildman–Crippen MR) is 79.4 cm³/mol. The van der Waals surface area contributed by atoms with Gasteiger partial charge in [-0.1, -0.05) is 6.07 Å². The molecule has 0 aromatic heterocycles. The van der Waals surface area contributed by atoms with E-state index in [2.05, 4.69) is 27.9 Å². The quantitative estimate of drug-likeness (QED) is 0.803. The van der Waals surface area contributed by atoms with Crippen LogP contribution in [-0.2, 0) is 0 Å². The number of amides is 1. The molecule has 2 rings (SSSR count). The molecule has 0 bridgehead atoms. The fourth-order valence-corrected chi connectivity index (χ4v) is 2.18. The first kappa shape index (κ1) is 14.7. The summed E-state index contributed by atoms with van der Waals surface area (Å²) >= 11 is 2.20. The number of hydrogen-bond donors (Lipinski definition) is 2. The second kappa shape index (κ2) is 6.56. The van der Waals surface area contributed by atoms with E-state index >= 15 is 0 Å². The summed E-state index contributed by atoms with van der Waals surface area (Å²) < 4.78 is 1.07. The summed E-state index contributed by atoms with van der Waals surface area (Å²) in [6.07, 6.45) is 2.42. The van der Waals surface area contributed by atoms with Crippen molar-refractivity contribution in [3.05, 3.63) is 33.4 Å². The van der Waals surface area contributed by atoms with Gasteiger partial charge in [0.2, 0.25) is 0 Å². The molecule has 1 aliphatic carbocycles. The summed E-state index contributed by atoms with van der Waals surface area (Å²) in [5.74, 6) is 0.589. The Balaban J connectivity index is 0.00000144. The normalized spacial score (nSPS) is 15.9. The minimum atomic E-state index is -0.0328. The summed E-state index contributed by atoms with van der Waals surface area (Å²) in [5, 5.41) is 2.88. The van der Waals surface area contributed by atoms with Crippen molar-refractivity contribution in [1.29, 1.82) is 0 Å². The van der Waals surface area contributed by atoms with Crippen LogP contribution in [0.2, 0.25) is 0 Å². The molecule has 3 N–H and O–H groups in total. The van der Waals surface area contributed by atoms with Crippen molar-refractivity contribution in [1.82, 2.24) is 5.32 Å². The molecule has 1 saturated carbocycles. The molecule has 0 radical (unpaired) electrons. The second-order valence-corrected chi connectivity index (χ2v) is 5.47. The van der Waals surface area contributed by atoms with Crippen LogP contribution in [0.25, 0.3) is 0 Å². The van der Waals surface area contributed by atoms with Gasteiger partial charge in [-0.3, -0.25) is 4.79 Å². The van der Waals surface area contributed by atoms with Crippen LogP contribution >= 0.6 is 35.0 Å². The summed E-state index contributed by atoms with van der Waals surface area (Å²) in [6, 6.07) is 7.66. The van der Waals surface area contributed by atoms with Crippen LogP contribution in [-0.4, -0.2) is 18.5 Å². The zero-order chi connectivity index (χ0) is 11.5. The van der Waals surface area contributed by atoms with E-state index in [1.165, 1.54) is 12.8 Å². The molecule has 1 unspecified atom stereocenters. The standard InChI is InChI=1S/C12H15IN2O.ClH/c13-10-3-1-2-9(6-10)12(16)15-7-11(14)8-4-5-8;/h1-3,6,8,11H,4-5,7,14H2,(H,15,16);1H. The van der Waals surface area contributed by atoms with E-state index < -0.39 is 0 Å². The molecule has 1 fully saturated rings. The maximum absolute atomic E-state index is 11.8. The Morgan fingerprint density at radius 2 is 2.24 bits per heavy atom. The molecule has 5 heteroatoms. The van der Waals surface area contributed by atoms with Gasteiger partial charge in [0.1, 0.15) is 0 Å². The minimum Gasteiger partial charge on any atom is -0.350 e. The van der Waals surface area contributed by atoms with Crippen LogP contribution in [0, 0.1) is 9.49 Å². The molecular weight excluding hydrogens is 351 g/mol. The van der Waals surface area contributed by atoms with Gasteiger partial charge in [0.15, 0.2) is 0 Å². The van der Waals surface area contributed by atoms with Crippen LogP contribution in [0.5, 0.6) is 0 Å². The Hall–Kier alpha value is -0.330. The van der Waals surface area contributed by atoms with Crippen molar-refractivity contribution < 1.29 is 4.79 Å². The number of halogens is 2. The van der Waals surface area contributed by atoms with E-state index in [4.69, 9.17) is 5.73 Å². The molecule has 1 atom stereocenters. The maximum atomic E-state index is 11.8. The van der Waals surface area contributed by atoms with Gasteiger partial charge >= 0.3 is 0 Å². The first-order valence-electron chi connectivity index (χ1n) is 5.46. The maximum Gasteiger partial charge on any atom is 0.251 e. The lowest BCUT2D eigenvalue weighted by Gasteiger charge is -2.11. The largest absolute Gasteiger partial charge is 0.350 e. The lowest BCUT2D eigenvalue weighted by atomic mass is 10.2. The molecule has 1 aliphatic rings. The number of nitrogens with two attached hydrogens (primary N) is 1. The predicted octanol–water partition coefficient (Wildman–Crippen LogP) is 2.18. The fourth-order valence-electron chi connectivity index (χ4n) is 1.63. The second-order valence-electron chi connectivity index (χ2n) is 4.22. The Morgan fingerprint density at radius 3 is 2.82 bits per heavy atom. The van der Waals surface area contributed by atoms with Crippen molar-refractivity contribution >= 4 is 40.9 Å². The lowest BCUT2D eigenvalue weighted by Crippen LogP contribution is -2.38. The summed E-state index contributed by atoms with van der Waals surface area (Å²) in [6.45, 7) is 0.578. The zero-order valence-corrected chi connectivity index (χ0v) is 12.3. The highest BCUT2D eigenvalue weighted by atomic mass is 127. The van der Waals surface area contributed by atoms with Gasteiger partial charge in [-0.25, -0.2) is 0 Å². The van der Waals surface area contributed by atoms with Gasteiger partial charge in [0.05, 0.1) is 0 Å². The van der Waals surface area contributed by atoms with E-state index in [0.29, 0.717) is 18.0 Å².